The van der Waals surface area contributed by atoms with Gasteiger partial charge in [0, 0.05) is 12.1 Å². The second-order valence-corrected chi connectivity index (χ2v) is 5.94. The first-order valence-electron chi connectivity index (χ1n) is 6.57. The Hall–Kier alpha value is -1.20. The van der Waals surface area contributed by atoms with Crippen molar-refractivity contribution in [2.45, 2.75) is 32.4 Å². The lowest BCUT2D eigenvalue weighted by Crippen LogP contribution is -2.29. The van der Waals surface area contributed by atoms with Crippen LogP contribution in [0.3, 0.4) is 0 Å². The Bertz CT molecular complexity index is 590. The van der Waals surface area contributed by atoms with Crippen LogP contribution in [0.1, 0.15) is 31.9 Å². The largest absolute Gasteiger partial charge is 0.323 e. The number of benzene rings is 1. The summed E-state index contributed by atoms with van der Waals surface area (Å²) in [5.41, 5.74) is 2.77. The molecule has 4 nitrogen and oxygen atoms in total. The standard InChI is InChI=1S/C14H21N3OS/c1-9(6-7-19-3)15-10(2)11-4-5-12-13(8-11)17-14(18)16-12/h4-5,8-10,15H,6-7H2,1-3H3,(H2,16,17,18). The van der Waals surface area contributed by atoms with Gasteiger partial charge in [-0.15, -0.1) is 0 Å². The lowest BCUT2D eigenvalue weighted by molar-refractivity contribution is 0.472. The number of aromatic nitrogens is 2. The molecule has 0 saturated carbocycles. The quantitative estimate of drug-likeness (QED) is 0.762. The molecule has 3 N–H and O–H groups in total. The number of nitrogens with one attached hydrogen (secondary N) is 3. The third-order valence-electron chi connectivity index (χ3n) is 3.33. The molecule has 0 radical (unpaired) electrons. The molecule has 1 aromatic carbocycles. The molecular weight excluding hydrogens is 258 g/mol. The highest BCUT2D eigenvalue weighted by atomic mass is 32.2. The van der Waals surface area contributed by atoms with Gasteiger partial charge in [0.2, 0.25) is 0 Å². The molecule has 0 aliphatic heterocycles. The Morgan fingerprint density at radius 3 is 2.74 bits per heavy atom. The number of aromatic amines is 2. The van der Waals surface area contributed by atoms with Gasteiger partial charge in [-0.2, -0.15) is 11.8 Å². The van der Waals surface area contributed by atoms with Crippen molar-refractivity contribution in [2.75, 3.05) is 12.0 Å². The van der Waals surface area contributed by atoms with Crippen molar-refractivity contribution in [3.05, 3.63) is 34.2 Å². The summed E-state index contributed by atoms with van der Waals surface area (Å²) >= 11 is 1.87. The van der Waals surface area contributed by atoms with Gasteiger partial charge >= 0.3 is 5.69 Å². The van der Waals surface area contributed by atoms with Gasteiger partial charge in [0.15, 0.2) is 0 Å². The van der Waals surface area contributed by atoms with Crippen molar-refractivity contribution in [2.24, 2.45) is 0 Å². The minimum absolute atomic E-state index is 0.152. The molecule has 2 rings (SSSR count). The summed E-state index contributed by atoms with van der Waals surface area (Å²) in [4.78, 5) is 16.8. The SMILES string of the molecule is CSCCC(C)NC(C)c1ccc2[nH]c(=O)[nH]c2c1. The molecule has 19 heavy (non-hydrogen) atoms. The fourth-order valence-electron chi connectivity index (χ4n) is 2.22. The van der Waals surface area contributed by atoms with Crippen molar-refractivity contribution in [1.82, 2.24) is 15.3 Å². The smallest absolute Gasteiger partial charge is 0.308 e. The molecule has 0 bridgehead atoms. The lowest BCUT2D eigenvalue weighted by atomic mass is 10.1. The second-order valence-electron chi connectivity index (χ2n) is 4.96. The highest BCUT2D eigenvalue weighted by molar-refractivity contribution is 7.98. The zero-order valence-corrected chi connectivity index (χ0v) is 12.4. The van der Waals surface area contributed by atoms with Gasteiger partial charge in [-0.3, -0.25) is 0 Å². The first-order valence-corrected chi connectivity index (χ1v) is 7.96. The van der Waals surface area contributed by atoms with E-state index in [4.69, 9.17) is 0 Å². The number of H-pyrrole nitrogens is 2. The average Bonchev–Trinajstić information content (AvgIpc) is 2.75. The van der Waals surface area contributed by atoms with Crippen LogP contribution in [0.5, 0.6) is 0 Å². The highest BCUT2D eigenvalue weighted by Crippen LogP contribution is 2.18. The first-order chi connectivity index (χ1) is 9.10. The van der Waals surface area contributed by atoms with Crippen LogP contribution < -0.4 is 11.0 Å². The van der Waals surface area contributed by atoms with E-state index in [2.05, 4.69) is 41.5 Å². The van der Waals surface area contributed by atoms with Crippen LogP contribution in [0, 0.1) is 0 Å². The second kappa shape index (κ2) is 6.30. The normalized spacial score (nSPS) is 14.7. The maximum Gasteiger partial charge on any atom is 0.323 e. The number of hydrogen-bond donors (Lipinski definition) is 3. The van der Waals surface area contributed by atoms with Crippen LogP contribution in [0.15, 0.2) is 23.0 Å². The van der Waals surface area contributed by atoms with E-state index in [1.807, 2.05) is 23.9 Å². The minimum Gasteiger partial charge on any atom is -0.308 e. The van der Waals surface area contributed by atoms with E-state index in [0.29, 0.717) is 6.04 Å². The molecular formula is C14H21N3OS. The summed E-state index contributed by atoms with van der Waals surface area (Å²) in [5, 5.41) is 3.59. The predicted molar refractivity (Wildman–Crippen MR) is 82.9 cm³/mol. The number of rotatable bonds is 6. The highest BCUT2D eigenvalue weighted by Gasteiger charge is 2.10. The lowest BCUT2D eigenvalue weighted by Gasteiger charge is -2.20. The summed E-state index contributed by atoms with van der Waals surface area (Å²) < 4.78 is 0. The average molecular weight is 279 g/mol. The van der Waals surface area contributed by atoms with Gasteiger partial charge in [-0.05, 0) is 50.0 Å². The van der Waals surface area contributed by atoms with Crippen LogP contribution in [-0.4, -0.2) is 28.0 Å². The summed E-state index contributed by atoms with van der Waals surface area (Å²) in [6.07, 6.45) is 3.29. The Kier molecular flexibility index (Phi) is 4.71. The van der Waals surface area contributed by atoms with Crippen LogP contribution in [0.4, 0.5) is 0 Å². The van der Waals surface area contributed by atoms with E-state index in [1.54, 1.807) is 0 Å². The van der Waals surface area contributed by atoms with Crippen molar-refractivity contribution >= 4 is 22.8 Å². The van der Waals surface area contributed by atoms with Gasteiger partial charge in [-0.1, -0.05) is 6.07 Å². The van der Waals surface area contributed by atoms with E-state index in [9.17, 15) is 4.79 Å². The fraction of sp³-hybridized carbons (Fsp3) is 0.500. The number of fused-ring (bicyclic) bond motifs is 1. The van der Waals surface area contributed by atoms with Crippen molar-refractivity contribution in [1.29, 1.82) is 0 Å². The van der Waals surface area contributed by atoms with E-state index in [0.717, 1.165) is 17.5 Å². The molecule has 1 aromatic heterocycles. The molecule has 0 fully saturated rings. The molecule has 2 unspecified atom stereocenters. The maximum absolute atomic E-state index is 11.2. The molecule has 2 atom stereocenters. The van der Waals surface area contributed by atoms with Crippen LogP contribution in [0.25, 0.3) is 11.0 Å². The number of thioether (sulfide) groups is 1. The Morgan fingerprint density at radius 1 is 1.26 bits per heavy atom. The molecule has 0 aliphatic rings. The Morgan fingerprint density at radius 2 is 2.00 bits per heavy atom. The van der Waals surface area contributed by atoms with E-state index in [1.165, 1.54) is 11.3 Å². The topological polar surface area (TPSA) is 60.7 Å². The third kappa shape index (κ3) is 3.64. The third-order valence-corrected chi connectivity index (χ3v) is 3.97. The van der Waals surface area contributed by atoms with Gasteiger partial charge < -0.3 is 15.3 Å². The van der Waals surface area contributed by atoms with Crippen LogP contribution in [-0.2, 0) is 0 Å². The van der Waals surface area contributed by atoms with Crippen LogP contribution in [0.2, 0.25) is 0 Å². The molecule has 0 spiro atoms. The number of imidazole rings is 1. The van der Waals surface area contributed by atoms with Gasteiger partial charge in [0.05, 0.1) is 11.0 Å². The van der Waals surface area contributed by atoms with Crippen molar-refractivity contribution < 1.29 is 0 Å². The first kappa shape index (κ1) is 14.2. The van der Waals surface area contributed by atoms with E-state index in [-0.39, 0.29) is 11.7 Å². The fourth-order valence-corrected chi connectivity index (χ4v) is 2.81. The zero-order chi connectivity index (χ0) is 13.8. The van der Waals surface area contributed by atoms with Gasteiger partial charge in [0.1, 0.15) is 0 Å². The van der Waals surface area contributed by atoms with Crippen molar-refractivity contribution in [3.8, 4) is 0 Å². The molecule has 0 aliphatic carbocycles. The molecule has 1 heterocycles. The van der Waals surface area contributed by atoms with Gasteiger partial charge in [0.25, 0.3) is 0 Å². The molecule has 5 heteroatoms. The van der Waals surface area contributed by atoms with Crippen LogP contribution >= 0.6 is 11.8 Å². The summed E-state index contributed by atoms with van der Waals surface area (Å²) in [5.74, 6) is 1.17. The maximum atomic E-state index is 11.2. The zero-order valence-electron chi connectivity index (χ0n) is 11.6. The Labute approximate surface area is 117 Å². The summed E-state index contributed by atoms with van der Waals surface area (Å²) in [6, 6.07) is 6.81. The Balaban J connectivity index is 2.08. The molecule has 104 valence electrons. The van der Waals surface area contributed by atoms with E-state index >= 15 is 0 Å². The summed E-state index contributed by atoms with van der Waals surface area (Å²) in [7, 11) is 0. The van der Waals surface area contributed by atoms with Crippen molar-refractivity contribution in [3.63, 3.8) is 0 Å². The molecule has 0 amide bonds. The van der Waals surface area contributed by atoms with E-state index < -0.39 is 0 Å². The monoisotopic (exact) mass is 279 g/mol. The molecule has 2 aromatic rings. The van der Waals surface area contributed by atoms with Gasteiger partial charge in [-0.25, -0.2) is 4.79 Å². The summed E-state index contributed by atoms with van der Waals surface area (Å²) in [6.45, 7) is 4.37. The predicted octanol–water partition coefficient (Wildman–Crippen LogP) is 2.65. The molecule has 0 saturated heterocycles. The number of hydrogen-bond acceptors (Lipinski definition) is 3. The minimum atomic E-state index is -0.152.